The Morgan fingerprint density at radius 1 is 1.00 bits per heavy atom. The average molecular weight is 498 g/mol. The van der Waals surface area contributed by atoms with Crippen molar-refractivity contribution in [3.8, 4) is 23.0 Å². The van der Waals surface area contributed by atoms with Crippen molar-refractivity contribution in [1.82, 2.24) is 0 Å². The molecular weight excluding hydrogens is 474 g/mol. The second kappa shape index (κ2) is 9.53. The largest absolute Gasteiger partial charge is 0.493 e. The third-order valence-electron chi connectivity index (χ3n) is 5.42. The minimum atomic E-state index is -0.191. The van der Waals surface area contributed by atoms with Crippen LogP contribution in [0.5, 0.6) is 23.0 Å². The molecule has 32 heavy (non-hydrogen) atoms. The molecule has 166 valence electrons. The average Bonchev–Trinajstić information content (AvgIpc) is 2.82. The monoisotopic (exact) mass is 497 g/mol. The summed E-state index contributed by atoms with van der Waals surface area (Å²) in [5.74, 6) is 2.25. The zero-order chi connectivity index (χ0) is 22.7. The molecule has 1 heterocycles. The molecule has 0 aliphatic carbocycles. The summed E-state index contributed by atoms with van der Waals surface area (Å²) in [7, 11) is 4.78. The zero-order valence-corrected chi connectivity index (χ0v) is 19.7. The Hall–Kier alpha value is -3.19. The smallest absolute Gasteiger partial charge is 0.255 e. The van der Waals surface area contributed by atoms with E-state index >= 15 is 0 Å². The quantitative estimate of drug-likeness (QED) is 0.466. The normalized spacial score (nSPS) is 14.7. The first-order valence-corrected chi connectivity index (χ1v) is 11.0. The third-order valence-corrected chi connectivity index (χ3v) is 5.91. The first-order valence-electron chi connectivity index (χ1n) is 10.2. The number of amides is 1. The van der Waals surface area contributed by atoms with E-state index in [0.29, 0.717) is 28.6 Å². The molecule has 0 spiro atoms. The van der Waals surface area contributed by atoms with Gasteiger partial charge in [-0.15, -0.1) is 0 Å². The standard InChI is InChI=1S/C25H24BrNO5/c1-29-22-14-21-19(23(30-2)24(22)31-3)10-11-20(32-21)15-6-4-7-16(12-15)25(28)27-18-9-5-8-17(26)13-18/h4-9,12-14,20H,10-11H2,1-3H3,(H,27,28). The van der Waals surface area contributed by atoms with Crippen LogP contribution in [-0.2, 0) is 6.42 Å². The van der Waals surface area contributed by atoms with Gasteiger partial charge in [0.05, 0.1) is 21.3 Å². The molecule has 0 bridgehead atoms. The molecule has 1 unspecified atom stereocenters. The molecule has 1 atom stereocenters. The molecule has 3 aromatic carbocycles. The number of carbonyl (C=O) groups excluding carboxylic acids is 1. The summed E-state index contributed by atoms with van der Waals surface area (Å²) in [6, 6.07) is 16.8. The minimum Gasteiger partial charge on any atom is -0.493 e. The van der Waals surface area contributed by atoms with Crippen LogP contribution in [0.4, 0.5) is 5.69 Å². The second-order valence-electron chi connectivity index (χ2n) is 7.36. The van der Waals surface area contributed by atoms with Crippen molar-refractivity contribution >= 4 is 27.5 Å². The molecule has 1 amide bonds. The highest BCUT2D eigenvalue weighted by Gasteiger charge is 2.29. The van der Waals surface area contributed by atoms with Gasteiger partial charge < -0.3 is 24.3 Å². The number of halogens is 1. The zero-order valence-electron chi connectivity index (χ0n) is 18.1. The van der Waals surface area contributed by atoms with Gasteiger partial charge in [-0.05, 0) is 48.7 Å². The maximum atomic E-state index is 12.8. The fraction of sp³-hybridized carbons (Fsp3) is 0.240. The summed E-state index contributed by atoms with van der Waals surface area (Å²) in [6.07, 6.45) is 1.30. The van der Waals surface area contributed by atoms with Crippen molar-refractivity contribution in [3.05, 3.63) is 75.8 Å². The molecule has 4 rings (SSSR count). The topological polar surface area (TPSA) is 66.0 Å². The fourth-order valence-corrected chi connectivity index (χ4v) is 4.31. The summed E-state index contributed by atoms with van der Waals surface area (Å²) < 4.78 is 23.8. The number of carbonyl (C=O) groups is 1. The van der Waals surface area contributed by atoms with Crippen LogP contribution in [-0.4, -0.2) is 27.2 Å². The number of benzene rings is 3. The van der Waals surface area contributed by atoms with Crippen LogP contribution >= 0.6 is 15.9 Å². The predicted octanol–water partition coefficient (Wildman–Crippen LogP) is 5.79. The van der Waals surface area contributed by atoms with Crippen molar-refractivity contribution in [1.29, 1.82) is 0 Å². The Labute approximate surface area is 195 Å². The summed E-state index contributed by atoms with van der Waals surface area (Å²) in [6.45, 7) is 0. The van der Waals surface area contributed by atoms with Gasteiger partial charge in [-0.3, -0.25) is 4.79 Å². The van der Waals surface area contributed by atoms with Gasteiger partial charge in [0, 0.05) is 27.4 Å². The Morgan fingerprint density at radius 3 is 2.50 bits per heavy atom. The summed E-state index contributed by atoms with van der Waals surface area (Å²) in [5.41, 5.74) is 3.18. The van der Waals surface area contributed by atoms with Gasteiger partial charge in [0.25, 0.3) is 5.91 Å². The lowest BCUT2D eigenvalue weighted by Crippen LogP contribution is -2.18. The van der Waals surface area contributed by atoms with E-state index in [4.69, 9.17) is 18.9 Å². The number of ether oxygens (including phenoxy) is 4. The number of methoxy groups -OCH3 is 3. The molecule has 7 heteroatoms. The molecule has 0 aromatic heterocycles. The van der Waals surface area contributed by atoms with Crippen molar-refractivity contribution in [2.75, 3.05) is 26.6 Å². The molecule has 0 saturated heterocycles. The molecule has 0 fully saturated rings. The lowest BCUT2D eigenvalue weighted by atomic mass is 9.95. The van der Waals surface area contributed by atoms with Gasteiger partial charge in [-0.2, -0.15) is 0 Å². The maximum absolute atomic E-state index is 12.8. The third kappa shape index (κ3) is 4.39. The Balaban J connectivity index is 1.58. The molecular formula is C25H24BrNO5. The molecule has 1 N–H and O–H groups in total. The van der Waals surface area contributed by atoms with Crippen LogP contribution in [0.2, 0.25) is 0 Å². The molecule has 6 nitrogen and oxygen atoms in total. The van der Waals surface area contributed by atoms with Gasteiger partial charge in [0.15, 0.2) is 11.5 Å². The van der Waals surface area contributed by atoms with Crippen molar-refractivity contribution < 1.29 is 23.7 Å². The van der Waals surface area contributed by atoms with Gasteiger partial charge >= 0.3 is 0 Å². The first kappa shape index (κ1) is 22.0. The molecule has 3 aromatic rings. The van der Waals surface area contributed by atoms with Gasteiger partial charge in [-0.1, -0.05) is 34.1 Å². The number of anilines is 1. The Morgan fingerprint density at radius 2 is 1.78 bits per heavy atom. The molecule has 1 aliphatic heterocycles. The van der Waals surface area contributed by atoms with Crippen LogP contribution in [0, 0.1) is 0 Å². The van der Waals surface area contributed by atoms with Crippen LogP contribution in [0.25, 0.3) is 0 Å². The maximum Gasteiger partial charge on any atom is 0.255 e. The van der Waals surface area contributed by atoms with Crippen LogP contribution in [0.1, 0.15) is 34.0 Å². The van der Waals surface area contributed by atoms with Crippen LogP contribution in [0.3, 0.4) is 0 Å². The van der Waals surface area contributed by atoms with Crippen molar-refractivity contribution in [2.45, 2.75) is 18.9 Å². The SMILES string of the molecule is COc1cc2c(c(OC)c1OC)CCC(c1cccc(C(=O)Nc3cccc(Br)c3)c1)O2. The lowest BCUT2D eigenvalue weighted by molar-refractivity contribution is 0.102. The van der Waals surface area contributed by atoms with Crippen LogP contribution < -0.4 is 24.3 Å². The highest BCUT2D eigenvalue weighted by molar-refractivity contribution is 9.10. The summed E-state index contributed by atoms with van der Waals surface area (Å²) >= 11 is 3.42. The minimum absolute atomic E-state index is 0.172. The van der Waals surface area contributed by atoms with Gasteiger partial charge in [-0.25, -0.2) is 0 Å². The first-order chi connectivity index (χ1) is 15.5. The number of hydrogen-bond donors (Lipinski definition) is 1. The van der Waals surface area contributed by atoms with E-state index in [0.717, 1.165) is 34.1 Å². The molecule has 0 radical (unpaired) electrons. The summed E-state index contributed by atoms with van der Waals surface area (Å²) in [5, 5.41) is 2.93. The number of rotatable bonds is 6. The number of fused-ring (bicyclic) bond motifs is 1. The van der Waals surface area contributed by atoms with Gasteiger partial charge in [0.1, 0.15) is 11.9 Å². The fourth-order valence-electron chi connectivity index (χ4n) is 3.91. The van der Waals surface area contributed by atoms with Gasteiger partial charge in [0.2, 0.25) is 5.75 Å². The van der Waals surface area contributed by atoms with E-state index in [9.17, 15) is 4.79 Å². The van der Waals surface area contributed by atoms with Crippen molar-refractivity contribution in [3.63, 3.8) is 0 Å². The molecule has 0 saturated carbocycles. The summed E-state index contributed by atoms with van der Waals surface area (Å²) in [4.78, 5) is 12.8. The van der Waals surface area contributed by atoms with E-state index in [2.05, 4.69) is 21.2 Å². The van der Waals surface area contributed by atoms with E-state index in [1.54, 1.807) is 27.4 Å². The van der Waals surface area contributed by atoms with E-state index in [1.165, 1.54) is 0 Å². The Kier molecular flexibility index (Phi) is 6.55. The van der Waals surface area contributed by atoms with E-state index in [-0.39, 0.29) is 12.0 Å². The highest BCUT2D eigenvalue weighted by atomic mass is 79.9. The predicted molar refractivity (Wildman–Crippen MR) is 126 cm³/mol. The lowest BCUT2D eigenvalue weighted by Gasteiger charge is -2.29. The number of nitrogens with one attached hydrogen (secondary N) is 1. The van der Waals surface area contributed by atoms with Crippen molar-refractivity contribution in [2.24, 2.45) is 0 Å². The second-order valence-corrected chi connectivity index (χ2v) is 8.27. The van der Waals surface area contributed by atoms with Crippen LogP contribution in [0.15, 0.2) is 59.1 Å². The van der Waals surface area contributed by atoms with E-state index < -0.39 is 0 Å². The van der Waals surface area contributed by atoms with E-state index in [1.807, 2.05) is 48.5 Å². The molecule has 1 aliphatic rings. The highest BCUT2D eigenvalue weighted by Crippen LogP contribution is 2.49. The number of hydrogen-bond acceptors (Lipinski definition) is 5. The Bertz CT molecular complexity index is 1150.